The van der Waals surface area contributed by atoms with Crippen LogP contribution >= 0.6 is 0 Å². The van der Waals surface area contributed by atoms with Crippen LogP contribution in [0.2, 0.25) is 0 Å². The number of hydrogen-bond donors (Lipinski definition) is 1. The quantitative estimate of drug-likeness (QED) is 0.575. The summed E-state index contributed by atoms with van der Waals surface area (Å²) in [6, 6.07) is 8.89. The van der Waals surface area contributed by atoms with Gasteiger partial charge in [0.25, 0.3) is 0 Å². The minimum absolute atomic E-state index is 0.0188. The van der Waals surface area contributed by atoms with Crippen LogP contribution < -0.4 is 5.32 Å². The van der Waals surface area contributed by atoms with Gasteiger partial charge in [-0.3, -0.25) is 19.3 Å². The van der Waals surface area contributed by atoms with Crippen LogP contribution in [0.5, 0.6) is 0 Å². The molecule has 3 saturated heterocycles. The van der Waals surface area contributed by atoms with Gasteiger partial charge in [-0.2, -0.15) is 0 Å². The van der Waals surface area contributed by atoms with Crippen molar-refractivity contribution < 1.29 is 19.1 Å². The van der Waals surface area contributed by atoms with Gasteiger partial charge in [0.2, 0.25) is 11.8 Å². The average Bonchev–Trinajstić information content (AvgIpc) is 3.24. The van der Waals surface area contributed by atoms with Gasteiger partial charge in [0, 0.05) is 44.1 Å². The topological polar surface area (TPSA) is 79.0 Å². The fraction of sp³-hybridized carbons (Fsp3) is 0.679. The molecule has 2 amide bonds. The van der Waals surface area contributed by atoms with Crippen LogP contribution in [0.1, 0.15) is 69.4 Å². The molecule has 35 heavy (non-hydrogen) atoms. The highest BCUT2D eigenvalue weighted by Gasteiger charge is 2.39. The van der Waals surface area contributed by atoms with Crippen LogP contribution in [0.3, 0.4) is 0 Å². The summed E-state index contributed by atoms with van der Waals surface area (Å²) in [4.78, 5) is 41.8. The van der Waals surface area contributed by atoms with E-state index in [9.17, 15) is 14.4 Å². The van der Waals surface area contributed by atoms with Crippen LogP contribution in [0.15, 0.2) is 24.3 Å². The zero-order valence-electron chi connectivity index (χ0n) is 21.4. The third kappa shape index (κ3) is 6.63. The molecule has 0 radical (unpaired) electrons. The van der Waals surface area contributed by atoms with E-state index in [-0.39, 0.29) is 29.2 Å². The highest BCUT2D eigenvalue weighted by Crippen LogP contribution is 2.31. The molecule has 3 heterocycles. The third-order valence-corrected chi connectivity index (χ3v) is 8.12. The first-order valence-corrected chi connectivity index (χ1v) is 13.4. The second kappa shape index (κ2) is 11.5. The molecule has 0 spiro atoms. The zero-order valence-corrected chi connectivity index (χ0v) is 21.4. The van der Waals surface area contributed by atoms with E-state index in [1.165, 1.54) is 11.1 Å². The summed E-state index contributed by atoms with van der Waals surface area (Å²) in [5.41, 5.74) is 2.10. The molecule has 1 aromatic rings. The van der Waals surface area contributed by atoms with Crippen molar-refractivity contribution >= 4 is 17.8 Å². The van der Waals surface area contributed by atoms with E-state index < -0.39 is 0 Å². The summed E-state index contributed by atoms with van der Waals surface area (Å²) in [5, 5.41) is 3.21. The fourth-order valence-electron chi connectivity index (χ4n) is 6.05. The Bertz CT molecular complexity index is 894. The highest BCUT2D eigenvalue weighted by molar-refractivity contribution is 5.80. The van der Waals surface area contributed by atoms with Gasteiger partial charge >= 0.3 is 5.97 Å². The van der Waals surface area contributed by atoms with Gasteiger partial charge in [-0.25, -0.2) is 0 Å². The lowest BCUT2D eigenvalue weighted by molar-refractivity contribution is -0.150. The van der Waals surface area contributed by atoms with Crippen molar-refractivity contribution in [1.29, 1.82) is 0 Å². The molecule has 3 aliphatic rings. The van der Waals surface area contributed by atoms with Crippen molar-refractivity contribution in [2.24, 2.45) is 5.92 Å². The van der Waals surface area contributed by atoms with E-state index in [1.54, 1.807) is 0 Å². The van der Waals surface area contributed by atoms with Crippen molar-refractivity contribution in [3.05, 3.63) is 35.4 Å². The Morgan fingerprint density at radius 2 is 1.86 bits per heavy atom. The van der Waals surface area contributed by atoms with Crippen LogP contribution in [0, 0.1) is 12.8 Å². The lowest BCUT2D eigenvalue weighted by Gasteiger charge is -2.42. The second-order valence-electron chi connectivity index (χ2n) is 10.7. The van der Waals surface area contributed by atoms with E-state index in [1.807, 2.05) is 11.8 Å². The van der Waals surface area contributed by atoms with E-state index >= 15 is 0 Å². The first-order valence-electron chi connectivity index (χ1n) is 13.4. The number of esters is 1. The summed E-state index contributed by atoms with van der Waals surface area (Å²) >= 11 is 0. The number of carbonyl (C=O) groups is 3. The molecule has 7 nitrogen and oxygen atoms in total. The zero-order chi connectivity index (χ0) is 24.8. The second-order valence-corrected chi connectivity index (χ2v) is 10.7. The van der Waals surface area contributed by atoms with E-state index in [4.69, 9.17) is 4.74 Å². The highest BCUT2D eigenvalue weighted by atomic mass is 16.5. The average molecular weight is 484 g/mol. The molecule has 0 aromatic heterocycles. The number of hydrogen-bond acceptors (Lipinski definition) is 5. The molecule has 2 atom stereocenters. The molecule has 0 unspecified atom stereocenters. The van der Waals surface area contributed by atoms with Gasteiger partial charge < -0.3 is 15.0 Å². The molecule has 1 aromatic carbocycles. The summed E-state index contributed by atoms with van der Waals surface area (Å²) in [5.74, 6) is 0.196. The smallest absolute Gasteiger partial charge is 0.310 e. The third-order valence-electron chi connectivity index (χ3n) is 8.12. The Kier molecular flexibility index (Phi) is 8.47. The van der Waals surface area contributed by atoms with Crippen LogP contribution in [0.4, 0.5) is 0 Å². The van der Waals surface area contributed by atoms with Crippen LogP contribution in [-0.2, 0) is 25.5 Å². The molecule has 1 N–H and O–H groups in total. The van der Waals surface area contributed by atoms with Crippen molar-refractivity contribution in [3.8, 4) is 0 Å². The molecule has 0 bridgehead atoms. The van der Waals surface area contributed by atoms with Gasteiger partial charge in [0.05, 0.1) is 12.5 Å². The normalized spacial score (nSPS) is 25.9. The maximum atomic E-state index is 13.1. The molecule has 3 aliphatic heterocycles. The SMILES string of the molecule is CCOC(=O)[C@H]1CCCN(C2CCN(C(=O)CC[C@]3(Cc4ccc(C)cc4)CCC(=O)N3)CC2)C1. The van der Waals surface area contributed by atoms with Crippen molar-refractivity contribution in [2.75, 3.05) is 32.8 Å². The largest absolute Gasteiger partial charge is 0.466 e. The lowest BCUT2D eigenvalue weighted by atomic mass is 9.84. The number of rotatable bonds is 8. The minimum Gasteiger partial charge on any atom is -0.466 e. The van der Waals surface area contributed by atoms with E-state index in [2.05, 4.69) is 41.4 Å². The number of benzene rings is 1. The summed E-state index contributed by atoms with van der Waals surface area (Å²) in [7, 11) is 0. The molecule has 0 aliphatic carbocycles. The van der Waals surface area contributed by atoms with Crippen LogP contribution in [-0.4, -0.2) is 72.0 Å². The first kappa shape index (κ1) is 25.7. The summed E-state index contributed by atoms with van der Waals surface area (Å²) in [6.45, 7) is 7.70. The Morgan fingerprint density at radius 3 is 2.51 bits per heavy atom. The predicted octanol–water partition coefficient (Wildman–Crippen LogP) is 3.23. The molecular formula is C28H41N3O4. The molecule has 4 rings (SSSR count). The minimum atomic E-state index is -0.323. The predicted molar refractivity (Wildman–Crippen MR) is 135 cm³/mol. The Balaban J connectivity index is 1.27. The number of amides is 2. The number of ether oxygens (including phenoxy) is 1. The molecule has 7 heteroatoms. The maximum absolute atomic E-state index is 13.1. The lowest BCUT2D eigenvalue weighted by Crippen LogP contribution is -2.51. The summed E-state index contributed by atoms with van der Waals surface area (Å²) in [6.07, 6.45) is 7.07. The van der Waals surface area contributed by atoms with E-state index in [0.29, 0.717) is 31.9 Å². The van der Waals surface area contributed by atoms with Crippen molar-refractivity contribution in [2.45, 2.75) is 83.2 Å². The van der Waals surface area contributed by atoms with Crippen molar-refractivity contribution in [3.63, 3.8) is 0 Å². The molecule has 0 saturated carbocycles. The van der Waals surface area contributed by atoms with Gasteiger partial charge in [-0.05, 0) is 70.9 Å². The number of piperidine rings is 2. The molecule has 192 valence electrons. The summed E-state index contributed by atoms with van der Waals surface area (Å²) < 4.78 is 5.25. The molecular weight excluding hydrogens is 442 g/mol. The van der Waals surface area contributed by atoms with Crippen molar-refractivity contribution in [1.82, 2.24) is 15.1 Å². The number of carbonyl (C=O) groups excluding carboxylic acids is 3. The van der Waals surface area contributed by atoms with Gasteiger partial charge in [-0.1, -0.05) is 29.8 Å². The first-order chi connectivity index (χ1) is 16.9. The van der Waals surface area contributed by atoms with Gasteiger partial charge in [0.1, 0.15) is 0 Å². The number of aryl methyl sites for hydroxylation is 1. The van der Waals surface area contributed by atoms with Gasteiger partial charge in [0.15, 0.2) is 0 Å². The Labute approximate surface area is 209 Å². The van der Waals surface area contributed by atoms with E-state index in [0.717, 1.165) is 64.7 Å². The van der Waals surface area contributed by atoms with Crippen LogP contribution in [0.25, 0.3) is 0 Å². The maximum Gasteiger partial charge on any atom is 0.310 e. The van der Waals surface area contributed by atoms with Gasteiger partial charge in [-0.15, -0.1) is 0 Å². The number of nitrogens with zero attached hydrogens (tertiary/aromatic N) is 2. The Hall–Kier alpha value is -2.41. The Morgan fingerprint density at radius 1 is 1.11 bits per heavy atom. The standard InChI is InChI=1S/C28H41N3O4/c1-3-35-27(34)23-5-4-16-31(20-23)24-12-17-30(18-13-24)26(33)11-15-28(14-10-25(32)29-28)19-22-8-6-21(2)7-9-22/h6-9,23-24H,3-5,10-20H2,1-2H3,(H,29,32)/t23-,28-/m0/s1. The fourth-order valence-corrected chi connectivity index (χ4v) is 6.05. The monoisotopic (exact) mass is 483 g/mol. The number of likely N-dealkylation sites (tertiary alicyclic amines) is 2. The molecule has 3 fully saturated rings. The number of nitrogens with one attached hydrogen (secondary N) is 1.